The van der Waals surface area contributed by atoms with Gasteiger partial charge in [0.2, 0.25) is 0 Å². The number of nitrogens with zero attached hydrogens (tertiary/aromatic N) is 2. The van der Waals surface area contributed by atoms with Crippen molar-refractivity contribution in [3.05, 3.63) is 83.7 Å². The first kappa shape index (κ1) is 20.5. The monoisotopic (exact) mass is 424 g/mol. The minimum Gasteiger partial charge on any atom is -0.388 e. The zero-order chi connectivity index (χ0) is 22.2. The van der Waals surface area contributed by atoms with Crippen LogP contribution < -0.4 is 10.6 Å². The third kappa shape index (κ3) is 4.23. The fraction of sp³-hybridized carbons (Fsp3) is 0.130. The lowest BCUT2D eigenvalue weighted by atomic mass is 10.1. The number of imidazole rings is 1. The SMILES string of the molecule is CNc1ccc(C(=O)Nc2ccc(-c3cn4cc(C)ccc4n3)cc2)cc1C(F)(F)F. The largest absolute Gasteiger partial charge is 0.418 e. The lowest BCUT2D eigenvalue weighted by molar-refractivity contribution is -0.136. The number of nitrogens with one attached hydrogen (secondary N) is 2. The van der Waals surface area contributed by atoms with E-state index in [0.29, 0.717) is 5.69 Å². The molecule has 2 aromatic heterocycles. The summed E-state index contributed by atoms with van der Waals surface area (Å²) in [4.78, 5) is 17.1. The van der Waals surface area contributed by atoms with Crippen LogP contribution in [0.4, 0.5) is 24.5 Å². The molecule has 0 saturated heterocycles. The molecular formula is C23H19F3N4O. The van der Waals surface area contributed by atoms with Crippen molar-refractivity contribution in [3.63, 3.8) is 0 Å². The number of hydrogen-bond donors (Lipinski definition) is 2. The minimum atomic E-state index is -4.57. The van der Waals surface area contributed by atoms with Crippen molar-refractivity contribution in [2.24, 2.45) is 0 Å². The molecule has 158 valence electrons. The third-order valence-electron chi connectivity index (χ3n) is 4.89. The van der Waals surface area contributed by atoms with E-state index in [-0.39, 0.29) is 11.3 Å². The maximum atomic E-state index is 13.2. The molecule has 4 aromatic rings. The molecule has 0 saturated carbocycles. The molecule has 31 heavy (non-hydrogen) atoms. The number of carbonyl (C=O) groups excluding carboxylic acids is 1. The lowest BCUT2D eigenvalue weighted by Gasteiger charge is -2.14. The van der Waals surface area contributed by atoms with Gasteiger partial charge in [-0.1, -0.05) is 18.2 Å². The summed E-state index contributed by atoms with van der Waals surface area (Å²) in [5, 5.41) is 5.13. The van der Waals surface area contributed by atoms with E-state index in [1.807, 2.05) is 35.9 Å². The number of fused-ring (bicyclic) bond motifs is 1. The van der Waals surface area contributed by atoms with Gasteiger partial charge in [0.1, 0.15) is 5.65 Å². The van der Waals surface area contributed by atoms with Gasteiger partial charge in [-0.05, 0) is 48.9 Å². The number of alkyl halides is 3. The topological polar surface area (TPSA) is 58.4 Å². The van der Waals surface area contributed by atoms with Gasteiger partial charge in [-0.2, -0.15) is 13.2 Å². The standard InChI is InChI=1S/C23H19F3N4O/c1-14-3-10-21-29-20(13-30(21)12-14)15-4-7-17(8-5-15)28-22(31)16-6-9-19(27-2)18(11-16)23(24,25)26/h3-13,27H,1-2H3,(H,28,31). The van der Waals surface area contributed by atoms with Crippen LogP contribution in [0, 0.1) is 6.92 Å². The Balaban J connectivity index is 1.54. The van der Waals surface area contributed by atoms with Crippen molar-refractivity contribution in [2.75, 3.05) is 17.7 Å². The summed E-state index contributed by atoms with van der Waals surface area (Å²) >= 11 is 0. The van der Waals surface area contributed by atoms with Crippen molar-refractivity contribution >= 4 is 22.9 Å². The van der Waals surface area contributed by atoms with Crippen molar-refractivity contribution in [3.8, 4) is 11.3 Å². The Hall–Kier alpha value is -3.81. The molecule has 0 atom stereocenters. The molecule has 0 aliphatic heterocycles. The quantitative estimate of drug-likeness (QED) is 0.447. The summed E-state index contributed by atoms with van der Waals surface area (Å²) < 4.78 is 41.6. The number of anilines is 2. The number of benzene rings is 2. The van der Waals surface area contributed by atoms with Crippen LogP contribution in [0.1, 0.15) is 21.5 Å². The van der Waals surface area contributed by atoms with Gasteiger partial charge in [-0.15, -0.1) is 0 Å². The molecule has 0 unspecified atom stereocenters. The van der Waals surface area contributed by atoms with Crippen LogP contribution in [0.25, 0.3) is 16.9 Å². The Labute approximate surface area is 176 Å². The molecule has 0 aliphatic rings. The number of pyridine rings is 1. The number of amides is 1. The number of hydrogen-bond acceptors (Lipinski definition) is 3. The molecule has 0 spiro atoms. The van der Waals surface area contributed by atoms with Crippen LogP contribution in [0.5, 0.6) is 0 Å². The van der Waals surface area contributed by atoms with E-state index in [2.05, 4.69) is 15.6 Å². The molecular weight excluding hydrogens is 405 g/mol. The Bertz CT molecular complexity index is 1260. The van der Waals surface area contributed by atoms with Crippen LogP contribution >= 0.6 is 0 Å². The molecule has 1 amide bonds. The highest BCUT2D eigenvalue weighted by molar-refractivity contribution is 6.04. The van der Waals surface area contributed by atoms with Gasteiger partial charge in [0.25, 0.3) is 5.91 Å². The number of halogens is 3. The second-order valence-electron chi connectivity index (χ2n) is 7.14. The summed E-state index contributed by atoms with van der Waals surface area (Å²) in [6, 6.07) is 14.3. The van der Waals surface area contributed by atoms with Gasteiger partial charge < -0.3 is 15.0 Å². The van der Waals surface area contributed by atoms with E-state index < -0.39 is 17.6 Å². The Kier molecular flexibility index (Phi) is 5.14. The maximum absolute atomic E-state index is 13.2. The molecule has 0 fully saturated rings. The number of aromatic nitrogens is 2. The van der Waals surface area contributed by atoms with Gasteiger partial charge in [0.05, 0.1) is 11.3 Å². The number of rotatable bonds is 4. The smallest absolute Gasteiger partial charge is 0.388 e. The highest BCUT2D eigenvalue weighted by Gasteiger charge is 2.34. The van der Waals surface area contributed by atoms with Gasteiger partial charge in [0, 0.05) is 41.9 Å². The minimum absolute atomic E-state index is 0.0777. The van der Waals surface area contributed by atoms with E-state index in [0.717, 1.165) is 28.5 Å². The van der Waals surface area contributed by atoms with Crippen molar-refractivity contribution in [1.29, 1.82) is 0 Å². The first-order valence-electron chi connectivity index (χ1n) is 9.51. The van der Waals surface area contributed by atoms with E-state index in [1.165, 1.54) is 19.2 Å². The van der Waals surface area contributed by atoms with Gasteiger partial charge in [-0.25, -0.2) is 4.98 Å². The third-order valence-corrected chi connectivity index (χ3v) is 4.89. The average molecular weight is 424 g/mol. The molecule has 0 aliphatic carbocycles. The summed E-state index contributed by atoms with van der Waals surface area (Å²) in [7, 11) is 1.40. The zero-order valence-electron chi connectivity index (χ0n) is 16.8. The Morgan fingerprint density at radius 3 is 2.42 bits per heavy atom. The summed E-state index contributed by atoms with van der Waals surface area (Å²) in [6.07, 6.45) is -0.671. The highest BCUT2D eigenvalue weighted by atomic mass is 19.4. The molecule has 4 rings (SSSR count). The summed E-state index contributed by atoms with van der Waals surface area (Å²) in [5.74, 6) is -0.621. The van der Waals surface area contributed by atoms with Crippen LogP contribution in [0.2, 0.25) is 0 Å². The fourth-order valence-corrected chi connectivity index (χ4v) is 3.31. The molecule has 8 heteroatoms. The Morgan fingerprint density at radius 1 is 1.00 bits per heavy atom. The van der Waals surface area contributed by atoms with Crippen LogP contribution in [-0.2, 0) is 6.18 Å². The van der Waals surface area contributed by atoms with Crippen LogP contribution in [0.3, 0.4) is 0 Å². The van der Waals surface area contributed by atoms with Crippen LogP contribution in [-0.4, -0.2) is 22.3 Å². The predicted molar refractivity (Wildman–Crippen MR) is 114 cm³/mol. The van der Waals surface area contributed by atoms with E-state index in [4.69, 9.17) is 0 Å². The first-order valence-corrected chi connectivity index (χ1v) is 9.51. The van der Waals surface area contributed by atoms with Gasteiger partial charge >= 0.3 is 6.18 Å². The Morgan fingerprint density at radius 2 is 1.74 bits per heavy atom. The van der Waals surface area contributed by atoms with Crippen molar-refractivity contribution < 1.29 is 18.0 Å². The maximum Gasteiger partial charge on any atom is 0.418 e. The lowest BCUT2D eigenvalue weighted by Crippen LogP contribution is -2.15. The molecule has 0 radical (unpaired) electrons. The van der Waals surface area contributed by atoms with Gasteiger partial charge in [0.15, 0.2) is 0 Å². The molecule has 2 N–H and O–H groups in total. The summed E-state index contributed by atoms with van der Waals surface area (Å²) in [5.41, 5.74) is 2.99. The van der Waals surface area contributed by atoms with Crippen molar-refractivity contribution in [1.82, 2.24) is 9.38 Å². The molecule has 5 nitrogen and oxygen atoms in total. The highest BCUT2D eigenvalue weighted by Crippen LogP contribution is 2.35. The second-order valence-corrected chi connectivity index (χ2v) is 7.14. The molecule has 2 heterocycles. The number of aryl methyl sites for hydroxylation is 1. The fourth-order valence-electron chi connectivity index (χ4n) is 3.31. The predicted octanol–water partition coefficient (Wildman–Crippen LogP) is 5.62. The van der Waals surface area contributed by atoms with E-state index in [1.54, 1.807) is 24.3 Å². The molecule has 0 bridgehead atoms. The number of carbonyl (C=O) groups is 1. The van der Waals surface area contributed by atoms with Gasteiger partial charge in [-0.3, -0.25) is 4.79 Å². The van der Waals surface area contributed by atoms with Crippen molar-refractivity contribution in [2.45, 2.75) is 13.1 Å². The van der Waals surface area contributed by atoms with Crippen LogP contribution in [0.15, 0.2) is 67.0 Å². The summed E-state index contributed by atoms with van der Waals surface area (Å²) in [6.45, 7) is 2.00. The zero-order valence-corrected chi connectivity index (χ0v) is 16.8. The normalized spacial score (nSPS) is 11.5. The molecule has 2 aromatic carbocycles. The van der Waals surface area contributed by atoms with E-state index in [9.17, 15) is 18.0 Å². The first-order chi connectivity index (χ1) is 14.7. The average Bonchev–Trinajstić information content (AvgIpc) is 3.16. The second kappa shape index (κ2) is 7.79. The van der Waals surface area contributed by atoms with E-state index >= 15 is 0 Å².